The fourth-order valence-electron chi connectivity index (χ4n) is 2.94. The van der Waals surface area contributed by atoms with E-state index in [0.717, 1.165) is 40.8 Å². The summed E-state index contributed by atoms with van der Waals surface area (Å²) in [5.41, 5.74) is 2.06. The number of hydrogen-bond acceptors (Lipinski definition) is 4. The highest BCUT2D eigenvalue weighted by molar-refractivity contribution is 7.17. The molecule has 1 atom stereocenters. The number of nitrogens with zero attached hydrogens (tertiary/aromatic N) is 2. The summed E-state index contributed by atoms with van der Waals surface area (Å²) in [5, 5.41) is 2.74. The zero-order chi connectivity index (χ0) is 14.9. The maximum atomic E-state index is 12.8. The zero-order valence-corrected chi connectivity index (χ0v) is 12.9. The SMILES string of the molecule is O=c1c2c(-c3ccccc3)csc2ncn1CC1CCCO1. The molecule has 1 aromatic carbocycles. The second-order valence-electron chi connectivity index (χ2n) is 5.53. The van der Waals surface area contributed by atoms with Gasteiger partial charge in [-0.2, -0.15) is 0 Å². The maximum Gasteiger partial charge on any atom is 0.262 e. The Kier molecular flexibility index (Phi) is 3.52. The fraction of sp³-hybridized carbons (Fsp3) is 0.294. The lowest BCUT2D eigenvalue weighted by atomic mass is 10.1. The number of thiophene rings is 1. The summed E-state index contributed by atoms with van der Waals surface area (Å²) in [4.78, 5) is 18.1. The van der Waals surface area contributed by atoms with Crippen LogP contribution < -0.4 is 5.56 Å². The molecule has 2 aromatic heterocycles. The van der Waals surface area contributed by atoms with Crippen molar-refractivity contribution in [2.24, 2.45) is 0 Å². The third kappa shape index (κ3) is 2.36. The third-order valence-electron chi connectivity index (χ3n) is 4.07. The first-order valence-corrected chi connectivity index (χ1v) is 8.34. The molecule has 1 aliphatic heterocycles. The predicted octanol–water partition coefficient (Wildman–Crippen LogP) is 3.30. The van der Waals surface area contributed by atoms with Crippen molar-refractivity contribution in [1.29, 1.82) is 0 Å². The van der Waals surface area contributed by atoms with Crippen molar-refractivity contribution in [2.75, 3.05) is 6.61 Å². The van der Waals surface area contributed by atoms with Gasteiger partial charge in [-0.1, -0.05) is 30.3 Å². The number of ether oxygens (including phenoxy) is 1. The molecule has 1 unspecified atom stereocenters. The van der Waals surface area contributed by atoms with Gasteiger partial charge in [-0.15, -0.1) is 11.3 Å². The molecular weight excluding hydrogens is 296 g/mol. The predicted molar refractivity (Wildman–Crippen MR) is 88.3 cm³/mol. The zero-order valence-electron chi connectivity index (χ0n) is 12.1. The van der Waals surface area contributed by atoms with Gasteiger partial charge in [-0.3, -0.25) is 9.36 Å². The lowest BCUT2D eigenvalue weighted by Gasteiger charge is -2.11. The normalized spacial score (nSPS) is 18.1. The number of rotatable bonds is 3. The van der Waals surface area contributed by atoms with Gasteiger partial charge >= 0.3 is 0 Å². The Morgan fingerprint density at radius 3 is 2.95 bits per heavy atom. The smallest absolute Gasteiger partial charge is 0.262 e. The summed E-state index contributed by atoms with van der Waals surface area (Å²) in [7, 11) is 0. The fourth-order valence-corrected chi connectivity index (χ4v) is 3.84. The topological polar surface area (TPSA) is 44.1 Å². The van der Waals surface area contributed by atoms with Crippen molar-refractivity contribution in [3.05, 3.63) is 52.4 Å². The molecular formula is C17H16N2O2S. The molecule has 4 nitrogen and oxygen atoms in total. The number of fused-ring (bicyclic) bond motifs is 1. The average molecular weight is 312 g/mol. The molecule has 0 amide bonds. The summed E-state index contributed by atoms with van der Waals surface area (Å²) in [6.07, 6.45) is 3.87. The highest BCUT2D eigenvalue weighted by Crippen LogP contribution is 2.30. The number of hydrogen-bond donors (Lipinski definition) is 0. The van der Waals surface area contributed by atoms with Gasteiger partial charge in [-0.05, 0) is 18.4 Å². The number of aromatic nitrogens is 2. The summed E-state index contributed by atoms with van der Waals surface area (Å²) >= 11 is 1.52. The average Bonchev–Trinajstić information content (AvgIpc) is 3.21. The highest BCUT2D eigenvalue weighted by Gasteiger charge is 2.18. The van der Waals surface area contributed by atoms with E-state index in [1.165, 1.54) is 11.3 Å². The van der Waals surface area contributed by atoms with E-state index in [0.29, 0.717) is 6.54 Å². The standard InChI is InChI=1S/C17H16N2O2S/c20-17-15-14(12-5-2-1-3-6-12)10-22-16(15)18-11-19(17)9-13-7-4-8-21-13/h1-3,5-6,10-11,13H,4,7-9H2. The molecule has 112 valence electrons. The van der Waals surface area contributed by atoms with Crippen LogP contribution in [0.5, 0.6) is 0 Å². The van der Waals surface area contributed by atoms with E-state index in [-0.39, 0.29) is 11.7 Å². The first-order valence-electron chi connectivity index (χ1n) is 7.46. The van der Waals surface area contributed by atoms with Gasteiger partial charge < -0.3 is 4.74 Å². The van der Waals surface area contributed by atoms with Crippen molar-refractivity contribution in [1.82, 2.24) is 9.55 Å². The Hall–Kier alpha value is -1.98. The molecule has 1 aliphatic rings. The Morgan fingerprint density at radius 2 is 2.18 bits per heavy atom. The molecule has 0 spiro atoms. The molecule has 0 aliphatic carbocycles. The van der Waals surface area contributed by atoms with Crippen molar-refractivity contribution < 1.29 is 4.74 Å². The van der Waals surface area contributed by atoms with Crippen molar-refractivity contribution in [3.8, 4) is 11.1 Å². The summed E-state index contributed by atoms with van der Waals surface area (Å²) in [6, 6.07) is 10.0. The lowest BCUT2D eigenvalue weighted by molar-refractivity contribution is 0.0960. The van der Waals surface area contributed by atoms with Gasteiger partial charge in [0.25, 0.3) is 5.56 Å². The van der Waals surface area contributed by atoms with Crippen LogP contribution >= 0.6 is 11.3 Å². The van der Waals surface area contributed by atoms with Crippen LogP contribution in [0.4, 0.5) is 0 Å². The molecule has 5 heteroatoms. The molecule has 0 N–H and O–H groups in total. The van der Waals surface area contributed by atoms with E-state index in [4.69, 9.17) is 4.74 Å². The lowest BCUT2D eigenvalue weighted by Crippen LogP contribution is -2.26. The number of benzene rings is 1. The van der Waals surface area contributed by atoms with Crippen LogP contribution in [0.15, 0.2) is 46.8 Å². The van der Waals surface area contributed by atoms with Gasteiger partial charge in [0, 0.05) is 17.6 Å². The van der Waals surface area contributed by atoms with Gasteiger partial charge in [0.15, 0.2) is 0 Å². The van der Waals surface area contributed by atoms with Gasteiger partial charge in [0.05, 0.1) is 24.4 Å². The van der Waals surface area contributed by atoms with E-state index in [2.05, 4.69) is 4.98 Å². The monoisotopic (exact) mass is 312 g/mol. The van der Waals surface area contributed by atoms with Gasteiger partial charge in [-0.25, -0.2) is 4.98 Å². The van der Waals surface area contributed by atoms with Crippen LogP contribution in [0.2, 0.25) is 0 Å². The molecule has 0 saturated carbocycles. The molecule has 1 fully saturated rings. The molecule has 0 radical (unpaired) electrons. The van der Waals surface area contributed by atoms with E-state index in [1.54, 1.807) is 10.9 Å². The Morgan fingerprint density at radius 1 is 1.32 bits per heavy atom. The first kappa shape index (κ1) is 13.7. The minimum Gasteiger partial charge on any atom is -0.376 e. The van der Waals surface area contributed by atoms with Crippen molar-refractivity contribution in [3.63, 3.8) is 0 Å². The van der Waals surface area contributed by atoms with Crippen LogP contribution in [-0.2, 0) is 11.3 Å². The minimum atomic E-state index is 0.0283. The Bertz CT molecular complexity index is 848. The summed E-state index contributed by atoms with van der Waals surface area (Å²) in [6.45, 7) is 1.38. The second kappa shape index (κ2) is 5.66. The first-order chi connectivity index (χ1) is 10.8. The van der Waals surface area contributed by atoms with E-state index < -0.39 is 0 Å². The van der Waals surface area contributed by atoms with Gasteiger partial charge in [0.1, 0.15) is 4.83 Å². The van der Waals surface area contributed by atoms with E-state index in [1.807, 2.05) is 35.7 Å². The molecule has 0 bridgehead atoms. The quantitative estimate of drug-likeness (QED) is 0.745. The molecule has 22 heavy (non-hydrogen) atoms. The molecule has 4 rings (SSSR count). The second-order valence-corrected chi connectivity index (χ2v) is 6.39. The largest absolute Gasteiger partial charge is 0.376 e. The van der Waals surface area contributed by atoms with Crippen LogP contribution in [0.3, 0.4) is 0 Å². The van der Waals surface area contributed by atoms with Crippen LogP contribution in [-0.4, -0.2) is 22.3 Å². The molecule has 3 heterocycles. The van der Waals surface area contributed by atoms with Gasteiger partial charge in [0.2, 0.25) is 0 Å². The van der Waals surface area contributed by atoms with Crippen LogP contribution in [0.25, 0.3) is 21.3 Å². The van der Waals surface area contributed by atoms with E-state index >= 15 is 0 Å². The minimum absolute atomic E-state index is 0.0283. The summed E-state index contributed by atoms with van der Waals surface area (Å²) < 4.78 is 7.33. The molecule has 1 saturated heterocycles. The third-order valence-corrected chi connectivity index (χ3v) is 4.96. The Labute approximate surface area is 132 Å². The highest BCUT2D eigenvalue weighted by atomic mass is 32.1. The molecule has 3 aromatic rings. The van der Waals surface area contributed by atoms with Crippen molar-refractivity contribution >= 4 is 21.6 Å². The van der Waals surface area contributed by atoms with E-state index in [9.17, 15) is 4.79 Å². The van der Waals surface area contributed by atoms with Crippen LogP contribution in [0, 0.1) is 0 Å². The Balaban J connectivity index is 1.81. The maximum absolute atomic E-state index is 12.8. The van der Waals surface area contributed by atoms with Crippen LogP contribution in [0.1, 0.15) is 12.8 Å². The van der Waals surface area contributed by atoms with Crippen molar-refractivity contribution in [2.45, 2.75) is 25.5 Å². The summed E-state index contributed by atoms with van der Waals surface area (Å²) in [5.74, 6) is 0.